The highest BCUT2D eigenvalue weighted by Gasteiger charge is 2.32. The number of anilines is 1. The Balaban J connectivity index is 1.87. The van der Waals surface area contributed by atoms with Crippen LogP contribution >= 0.6 is 10.0 Å². The molecule has 7 nitrogen and oxygen atoms in total. The minimum Gasteiger partial charge on any atom is -0.380 e. The topological polar surface area (TPSA) is 96.5 Å². The molecule has 0 aromatic heterocycles. The normalized spacial score (nSPS) is 17.1. The van der Waals surface area contributed by atoms with Crippen molar-refractivity contribution in [1.29, 1.82) is 0 Å². The molecule has 34 heavy (non-hydrogen) atoms. The maximum atomic E-state index is 14.7. The Morgan fingerprint density at radius 3 is 2.26 bits per heavy atom. The summed E-state index contributed by atoms with van der Waals surface area (Å²) in [6.45, 7) is 0.554. The Morgan fingerprint density at radius 2 is 1.76 bits per heavy atom. The number of carbonyl (C=O) groups is 3. The van der Waals surface area contributed by atoms with Gasteiger partial charge in [-0.25, -0.2) is 18.8 Å². The molecular weight excluding hydrogens is 464 g/mol. The van der Waals surface area contributed by atoms with Gasteiger partial charge in [-0.3, -0.25) is 14.4 Å². The van der Waals surface area contributed by atoms with Crippen molar-refractivity contribution >= 4 is 33.4 Å². The highest BCUT2D eigenvalue weighted by atomic mass is 32.3. The zero-order valence-corrected chi connectivity index (χ0v) is 20.4. The predicted octanol–water partition coefficient (Wildman–Crippen LogP) is 3.10. The molecule has 10 heteroatoms. The van der Waals surface area contributed by atoms with Gasteiger partial charge in [-0.1, -0.05) is 24.3 Å². The number of carbonyl (C=O) groups excluding carboxylic acids is 3. The molecule has 0 saturated carbocycles. The second-order valence-electron chi connectivity index (χ2n) is 8.92. The van der Waals surface area contributed by atoms with Gasteiger partial charge in [0.2, 0.25) is 11.8 Å². The molecule has 2 atom stereocenters. The molecular formula is C24H29F2N3O4S. The zero-order valence-electron chi connectivity index (χ0n) is 19.5. The van der Waals surface area contributed by atoms with Crippen molar-refractivity contribution in [2.45, 2.75) is 24.0 Å². The minimum atomic E-state index is -1.67. The number of rotatable bonds is 8. The number of halogens is 2. The van der Waals surface area contributed by atoms with Gasteiger partial charge in [-0.05, 0) is 42.0 Å². The first-order valence-corrected chi connectivity index (χ1v) is 13.5. The monoisotopic (exact) mass is 493 g/mol. The van der Waals surface area contributed by atoms with Gasteiger partial charge in [-0.2, -0.15) is 0 Å². The van der Waals surface area contributed by atoms with Crippen molar-refractivity contribution in [3.05, 3.63) is 59.2 Å². The molecule has 1 saturated heterocycles. The minimum absolute atomic E-state index is 0.00230. The van der Waals surface area contributed by atoms with Crippen LogP contribution in [0.3, 0.4) is 0 Å². The molecule has 0 radical (unpaired) electrons. The Kier molecular flexibility index (Phi) is 7.93. The number of nitrogens with one attached hydrogen (secondary N) is 3. The summed E-state index contributed by atoms with van der Waals surface area (Å²) in [6, 6.07) is 7.87. The third-order valence-corrected chi connectivity index (χ3v) is 7.01. The molecule has 0 spiro atoms. The van der Waals surface area contributed by atoms with Crippen molar-refractivity contribution in [3.63, 3.8) is 0 Å². The standard InChI is InChI=1S/C24H29F2N3O4S/c1-33-13-14-5-7-15(8-6-14)21(29-23(31)16-9-20(30)27-12-16)24(32)28-17-10-18(25)22(19(26)11-17)34(2,3)4/h5-8,10-11,16,21H,9,12-13H2,1-4H3,(H,27,30)(H,28,32)(H,29,31)/t16-,21-/m1/s1. The summed E-state index contributed by atoms with van der Waals surface area (Å²) in [5.41, 5.74) is 1.28. The SMILES string of the molecule is COCc1ccc([C@@H](NC(=O)[C@H]2CNC(=O)C2)C(=O)Nc2cc(F)c(S(C)(C)C)c(F)c2)cc1. The third-order valence-electron chi connectivity index (χ3n) is 5.40. The Labute approximate surface area is 198 Å². The number of hydrogen-bond acceptors (Lipinski definition) is 4. The fourth-order valence-corrected chi connectivity index (χ4v) is 5.04. The van der Waals surface area contributed by atoms with Gasteiger partial charge in [-0.15, -0.1) is 0 Å². The summed E-state index contributed by atoms with van der Waals surface area (Å²) in [5.74, 6) is -3.46. The van der Waals surface area contributed by atoms with E-state index in [4.69, 9.17) is 4.74 Å². The van der Waals surface area contributed by atoms with Crippen molar-refractivity contribution in [1.82, 2.24) is 10.6 Å². The Hall–Kier alpha value is -2.98. The number of methoxy groups -OCH3 is 1. The second kappa shape index (κ2) is 10.5. The Morgan fingerprint density at radius 1 is 1.15 bits per heavy atom. The van der Waals surface area contributed by atoms with Gasteiger partial charge >= 0.3 is 0 Å². The van der Waals surface area contributed by atoms with E-state index in [-0.39, 0.29) is 29.5 Å². The van der Waals surface area contributed by atoms with Crippen LogP contribution in [-0.2, 0) is 25.7 Å². The quantitative estimate of drug-likeness (QED) is 0.527. The van der Waals surface area contributed by atoms with Crippen LogP contribution in [0.2, 0.25) is 0 Å². The molecule has 0 unspecified atom stereocenters. The van der Waals surface area contributed by atoms with Crippen LogP contribution in [-0.4, -0.2) is 50.1 Å². The number of benzene rings is 2. The van der Waals surface area contributed by atoms with Gasteiger partial charge in [0.15, 0.2) is 0 Å². The predicted molar refractivity (Wildman–Crippen MR) is 128 cm³/mol. The fourth-order valence-electron chi connectivity index (χ4n) is 3.76. The lowest BCUT2D eigenvalue weighted by atomic mass is 10.0. The number of ether oxygens (including phenoxy) is 1. The average Bonchev–Trinajstić information content (AvgIpc) is 3.17. The zero-order chi connectivity index (χ0) is 25.0. The van der Waals surface area contributed by atoms with Crippen LogP contribution in [0.1, 0.15) is 23.6 Å². The summed E-state index contributed by atoms with van der Waals surface area (Å²) in [7, 11) is -0.109. The second-order valence-corrected chi connectivity index (χ2v) is 13.0. The first kappa shape index (κ1) is 25.6. The lowest BCUT2D eigenvalue weighted by molar-refractivity contribution is -0.129. The van der Waals surface area contributed by atoms with Crippen LogP contribution in [0.4, 0.5) is 14.5 Å². The van der Waals surface area contributed by atoms with Gasteiger partial charge in [0.25, 0.3) is 5.91 Å². The molecule has 1 fully saturated rings. The molecule has 3 rings (SSSR count). The Bertz CT molecular complexity index is 1060. The van der Waals surface area contributed by atoms with E-state index in [1.807, 2.05) is 0 Å². The third kappa shape index (κ3) is 6.12. The summed E-state index contributed by atoms with van der Waals surface area (Å²) in [6.07, 6.45) is 5.34. The van der Waals surface area contributed by atoms with Crippen molar-refractivity contribution in [2.75, 3.05) is 37.7 Å². The average molecular weight is 494 g/mol. The lowest BCUT2D eigenvalue weighted by Crippen LogP contribution is -2.40. The van der Waals surface area contributed by atoms with Crippen LogP contribution < -0.4 is 16.0 Å². The van der Waals surface area contributed by atoms with E-state index in [1.165, 1.54) is 0 Å². The van der Waals surface area contributed by atoms with Crippen molar-refractivity contribution in [2.24, 2.45) is 5.92 Å². The summed E-state index contributed by atoms with van der Waals surface area (Å²) < 4.78 is 34.4. The van der Waals surface area contributed by atoms with E-state index in [2.05, 4.69) is 16.0 Å². The van der Waals surface area contributed by atoms with E-state index in [9.17, 15) is 23.2 Å². The molecule has 0 bridgehead atoms. The fraction of sp³-hybridized carbons (Fsp3) is 0.375. The molecule has 184 valence electrons. The first-order valence-electron chi connectivity index (χ1n) is 10.6. The van der Waals surface area contributed by atoms with Crippen molar-refractivity contribution in [3.8, 4) is 0 Å². The maximum absolute atomic E-state index is 14.7. The molecule has 3 N–H and O–H groups in total. The number of hydrogen-bond donors (Lipinski definition) is 3. The maximum Gasteiger partial charge on any atom is 0.251 e. The summed E-state index contributed by atoms with van der Waals surface area (Å²) >= 11 is 0. The van der Waals surface area contributed by atoms with Crippen LogP contribution in [0.5, 0.6) is 0 Å². The molecule has 0 aliphatic carbocycles. The van der Waals surface area contributed by atoms with E-state index >= 15 is 0 Å². The molecule has 1 heterocycles. The van der Waals surface area contributed by atoms with Crippen LogP contribution in [0.15, 0.2) is 41.3 Å². The summed E-state index contributed by atoms with van der Waals surface area (Å²) in [5, 5.41) is 7.78. The molecule has 2 aromatic carbocycles. The van der Waals surface area contributed by atoms with E-state index in [1.54, 1.807) is 50.1 Å². The molecule has 1 aliphatic rings. The lowest BCUT2D eigenvalue weighted by Gasteiger charge is -2.27. The van der Waals surface area contributed by atoms with Gasteiger partial charge < -0.3 is 20.7 Å². The smallest absolute Gasteiger partial charge is 0.251 e. The van der Waals surface area contributed by atoms with E-state index in [0.29, 0.717) is 12.2 Å². The molecule has 3 amide bonds. The van der Waals surface area contributed by atoms with Gasteiger partial charge in [0.05, 0.1) is 17.4 Å². The van der Waals surface area contributed by atoms with Gasteiger partial charge in [0, 0.05) is 25.8 Å². The largest absolute Gasteiger partial charge is 0.380 e. The van der Waals surface area contributed by atoms with E-state index in [0.717, 1.165) is 17.7 Å². The highest BCUT2D eigenvalue weighted by molar-refractivity contribution is 8.32. The highest BCUT2D eigenvalue weighted by Crippen LogP contribution is 2.48. The van der Waals surface area contributed by atoms with Crippen LogP contribution in [0.25, 0.3) is 0 Å². The van der Waals surface area contributed by atoms with Crippen LogP contribution in [0, 0.1) is 17.6 Å². The summed E-state index contributed by atoms with van der Waals surface area (Å²) in [4.78, 5) is 37.4. The van der Waals surface area contributed by atoms with E-state index < -0.39 is 45.4 Å². The molecule has 1 aliphatic heterocycles. The van der Waals surface area contributed by atoms with Crippen molar-refractivity contribution < 1.29 is 27.9 Å². The van der Waals surface area contributed by atoms with Gasteiger partial charge in [0.1, 0.15) is 17.7 Å². The molecule has 2 aromatic rings. The first-order chi connectivity index (χ1) is 16.0. The number of amides is 3.